The molecule has 0 spiro atoms. The Bertz CT molecular complexity index is 1390. The van der Waals surface area contributed by atoms with Crippen molar-refractivity contribution in [3.05, 3.63) is 64.3 Å². The second-order valence-electron chi connectivity index (χ2n) is 8.16. The summed E-state index contributed by atoms with van der Waals surface area (Å²) in [6.07, 6.45) is -1.45. The van der Waals surface area contributed by atoms with Crippen molar-refractivity contribution in [3.63, 3.8) is 0 Å². The Morgan fingerprint density at radius 1 is 1.14 bits per heavy atom. The van der Waals surface area contributed by atoms with Gasteiger partial charge in [-0.15, -0.1) is 0 Å². The Balaban J connectivity index is 2.12. The Kier molecular flexibility index (Phi) is 4.08. The number of hydrogen-bond donors (Lipinski definition) is 0. The molecule has 0 atom stereocenters. The molecule has 4 rings (SSSR count). The zero-order valence-corrected chi connectivity index (χ0v) is 17.8. The normalized spacial score (nSPS) is 13.0. The predicted molar refractivity (Wildman–Crippen MR) is 118 cm³/mol. The van der Waals surface area contributed by atoms with E-state index in [2.05, 4.69) is 10.6 Å². The average Bonchev–Trinajstić information content (AvgIpc) is 3.07. The standard InChI is InChI=1S/C26H27N2O/c1-15(2)9-19-12-18(5)28(6)22(13-19)24-17(4)7-8-21-25-20(14-27)10-16(3)11-23(25)29-26(21)24/h7-8,10-13,15H,9H2,1-6H3/q+1/i9D2. The largest absolute Gasteiger partial charge is 0.455 e. The molecule has 0 radical (unpaired) electrons. The number of aromatic nitrogens is 1. The lowest BCUT2D eigenvalue weighted by Gasteiger charge is -2.11. The van der Waals surface area contributed by atoms with Crippen molar-refractivity contribution in [2.45, 2.75) is 41.0 Å². The molecule has 0 aliphatic rings. The van der Waals surface area contributed by atoms with Crippen LogP contribution >= 0.6 is 0 Å². The van der Waals surface area contributed by atoms with Gasteiger partial charge in [-0.2, -0.15) is 9.83 Å². The zero-order chi connectivity index (χ0) is 22.7. The Labute approximate surface area is 175 Å². The molecule has 0 fully saturated rings. The minimum atomic E-state index is -1.45. The quantitative estimate of drug-likeness (QED) is 0.401. The van der Waals surface area contributed by atoms with Gasteiger partial charge >= 0.3 is 0 Å². The minimum absolute atomic E-state index is 0.156. The fourth-order valence-electron chi connectivity index (χ4n) is 4.07. The van der Waals surface area contributed by atoms with E-state index in [-0.39, 0.29) is 5.92 Å². The SMILES string of the molecule is [2H]C([2H])(c1cc(C)[n+](C)c(-c2c(C)ccc3c2oc2cc(C)cc(C#N)c23)c1)C(C)C. The van der Waals surface area contributed by atoms with E-state index < -0.39 is 6.37 Å². The van der Waals surface area contributed by atoms with E-state index in [4.69, 9.17) is 7.16 Å². The molecule has 0 saturated heterocycles. The molecule has 0 amide bonds. The molecule has 2 aromatic heterocycles. The van der Waals surface area contributed by atoms with Crippen LogP contribution in [0, 0.1) is 38.0 Å². The van der Waals surface area contributed by atoms with Crippen LogP contribution in [0.5, 0.6) is 0 Å². The molecule has 0 aliphatic carbocycles. The number of nitriles is 1. The summed E-state index contributed by atoms with van der Waals surface area (Å²) in [5.74, 6) is -0.156. The van der Waals surface area contributed by atoms with Crippen LogP contribution in [-0.4, -0.2) is 0 Å². The van der Waals surface area contributed by atoms with Crippen molar-refractivity contribution in [3.8, 4) is 17.3 Å². The molecule has 3 heteroatoms. The molecule has 0 aliphatic heterocycles. The Morgan fingerprint density at radius 2 is 1.90 bits per heavy atom. The van der Waals surface area contributed by atoms with Crippen molar-refractivity contribution >= 4 is 21.9 Å². The molecule has 29 heavy (non-hydrogen) atoms. The van der Waals surface area contributed by atoms with Crippen LogP contribution in [0.1, 0.15) is 44.5 Å². The molecule has 0 saturated carbocycles. The van der Waals surface area contributed by atoms with Crippen molar-refractivity contribution in [1.82, 2.24) is 0 Å². The van der Waals surface area contributed by atoms with E-state index in [0.717, 1.165) is 44.4 Å². The van der Waals surface area contributed by atoms with Gasteiger partial charge in [0.15, 0.2) is 5.69 Å². The summed E-state index contributed by atoms with van der Waals surface area (Å²) in [5, 5.41) is 11.4. The smallest absolute Gasteiger partial charge is 0.216 e. The van der Waals surface area contributed by atoms with Gasteiger partial charge in [-0.25, -0.2) is 0 Å². The first-order valence-electron chi connectivity index (χ1n) is 10.9. The second kappa shape index (κ2) is 7.04. The van der Waals surface area contributed by atoms with Crippen molar-refractivity contribution < 1.29 is 11.7 Å². The molecule has 0 N–H and O–H groups in total. The number of nitrogens with zero attached hydrogens (tertiary/aromatic N) is 2. The molecule has 2 aromatic carbocycles. The molecule has 4 aromatic rings. The molecule has 3 nitrogen and oxygen atoms in total. The molecule has 0 unspecified atom stereocenters. The van der Waals surface area contributed by atoms with Gasteiger partial charge in [0.2, 0.25) is 5.69 Å². The van der Waals surface area contributed by atoms with Gasteiger partial charge in [0, 0.05) is 32.6 Å². The highest BCUT2D eigenvalue weighted by atomic mass is 16.3. The van der Waals surface area contributed by atoms with Gasteiger partial charge in [0.25, 0.3) is 0 Å². The van der Waals surface area contributed by atoms with E-state index in [9.17, 15) is 5.26 Å². The van der Waals surface area contributed by atoms with Crippen LogP contribution in [0.2, 0.25) is 0 Å². The van der Waals surface area contributed by atoms with Crippen LogP contribution < -0.4 is 4.57 Å². The summed E-state index contributed by atoms with van der Waals surface area (Å²) in [5.41, 5.74) is 7.52. The fraction of sp³-hybridized carbons (Fsp3) is 0.308. The Hall–Kier alpha value is -3.12. The van der Waals surface area contributed by atoms with Crippen LogP contribution in [0.4, 0.5) is 0 Å². The first-order chi connectivity index (χ1) is 14.6. The summed E-state index contributed by atoms with van der Waals surface area (Å²) in [6, 6.07) is 14.1. The van der Waals surface area contributed by atoms with E-state index >= 15 is 0 Å². The summed E-state index contributed by atoms with van der Waals surface area (Å²) in [4.78, 5) is 0. The summed E-state index contributed by atoms with van der Waals surface area (Å²) >= 11 is 0. The van der Waals surface area contributed by atoms with Gasteiger partial charge < -0.3 is 4.42 Å². The summed E-state index contributed by atoms with van der Waals surface area (Å²) < 4.78 is 25.7. The number of aryl methyl sites for hydroxylation is 3. The first kappa shape index (κ1) is 16.8. The third kappa shape index (κ3) is 3.19. The minimum Gasteiger partial charge on any atom is -0.455 e. The monoisotopic (exact) mass is 385 g/mol. The van der Waals surface area contributed by atoms with Crippen molar-refractivity contribution in [1.29, 1.82) is 5.26 Å². The maximum absolute atomic E-state index is 9.70. The number of hydrogen-bond acceptors (Lipinski definition) is 2. The topological polar surface area (TPSA) is 40.8 Å². The van der Waals surface area contributed by atoms with Gasteiger partial charge in [-0.1, -0.05) is 26.0 Å². The molecule has 146 valence electrons. The van der Waals surface area contributed by atoms with E-state index in [1.54, 1.807) is 0 Å². The third-order valence-corrected chi connectivity index (χ3v) is 5.47. The molecular weight excluding hydrogens is 356 g/mol. The van der Waals surface area contributed by atoms with E-state index in [0.29, 0.717) is 16.7 Å². The first-order valence-corrected chi connectivity index (χ1v) is 9.94. The molecule has 0 bridgehead atoms. The maximum Gasteiger partial charge on any atom is 0.216 e. The summed E-state index contributed by atoms with van der Waals surface area (Å²) in [7, 11) is 1.99. The Morgan fingerprint density at radius 3 is 2.59 bits per heavy atom. The average molecular weight is 386 g/mol. The van der Waals surface area contributed by atoms with Crippen LogP contribution in [0.3, 0.4) is 0 Å². The third-order valence-electron chi connectivity index (χ3n) is 5.47. The van der Waals surface area contributed by atoms with Crippen molar-refractivity contribution in [2.75, 3.05) is 0 Å². The predicted octanol–water partition coefficient (Wildman–Crippen LogP) is 6.07. The zero-order valence-electron chi connectivity index (χ0n) is 19.8. The van der Waals surface area contributed by atoms with Crippen molar-refractivity contribution in [2.24, 2.45) is 13.0 Å². The number of furan rings is 1. The maximum atomic E-state index is 9.70. The lowest BCUT2D eigenvalue weighted by Crippen LogP contribution is -2.35. The van der Waals surface area contributed by atoms with Crippen LogP contribution in [0.15, 0.2) is 40.8 Å². The number of fused-ring (bicyclic) bond motifs is 3. The van der Waals surface area contributed by atoms with Crippen LogP contribution in [0.25, 0.3) is 33.2 Å². The molecular formula is C26H27N2O+. The number of rotatable bonds is 3. The van der Waals surface area contributed by atoms with Crippen LogP contribution in [-0.2, 0) is 13.4 Å². The summed E-state index contributed by atoms with van der Waals surface area (Å²) in [6.45, 7) is 9.80. The van der Waals surface area contributed by atoms with E-state index in [1.807, 2.05) is 78.1 Å². The van der Waals surface area contributed by atoms with Gasteiger partial charge in [-0.3, -0.25) is 0 Å². The van der Waals surface area contributed by atoms with Gasteiger partial charge in [-0.05, 0) is 55.0 Å². The lowest BCUT2D eigenvalue weighted by molar-refractivity contribution is -0.666. The number of benzene rings is 2. The highest BCUT2D eigenvalue weighted by Gasteiger charge is 2.23. The highest BCUT2D eigenvalue weighted by molar-refractivity contribution is 6.12. The lowest BCUT2D eigenvalue weighted by atomic mass is 9.96. The fourth-order valence-corrected chi connectivity index (χ4v) is 4.07. The van der Waals surface area contributed by atoms with E-state index in [1.165, 1.54) is 0 Å². The number of pyridine rings is 1. The highest BCUT2D eigenvalue weighted by Crippen LogP contribution is 2.39. The van der Waals surface area contributed by atoms with Gasteiger partial charge in [0.1, 0.15) is 18.2 Å². The molecule has 2 heterocycles. The van der Waals surface area contributed by atoms with Gasteiger partial charge in [0.05, 0.1) is 17.2 Å². The second-order valence-corrected chi connectivity index (χ2v) is 8.16.